The number of aliphatic hydroxyl groups is 1. The van der Waals surface area contributed by atoms with E-state index in [2.05, 4.69) is 0 Å². The number of halogens is 1. The van der Waals surface area contributed by atoms with Gasteiger partial charge >= 0.3 is 0 Å². The normalized spacial score (nSPS) is 18.4. The van der Waals surface area contributed by atoms with Gasteiger partial charge in [0, 0.05) is 13.1 Å². The molecule has 3 nitrogen and oxygen atoms in total. The van der Waals surface area contributed by atoms with Crippen LogP contribution >= 0.6 is 11.6 Å². The average molecular weight is 282 g/mol. The third-order valence-corrected chi connectivity index (χ3v) is 4.43. The Bertz CT molecular complexity index is 465. The molecule has 2 rings (SSSR count). The number of likely N-dealkylation sites (tertiary alicyclic amines) is 1. The van der Waals surface area contributed by atoms with Crippen LogP contribution in [0.25, 0.3) is 0 Å². The first-order valence-corrected chi connectivity index (χ1v) is 7.11. The molecule has 0 saturated carbocycles. The maximum atomic E-state index is 12.4. The Balaban J connectivity index is 2.07. The van der Waals surface area contributed by atoms with E-state index in [0.717, 1.165) is 18.4 Å². The Hall–Kier alpha value is -1.06. The summed E-state index contributed by atoms with van der Waals surface area (Å²) in [5.74, 6) is 0.301. The van der Waals surface area contributed by atoms with E-state index in [1.807, 2.05) is 30.9 Å². The Morgan fingerprint density at radius 1 is 1.42 bits per heavy atom. The molecule has 1 heterocycles. The molecule has 1 aromatic carbocycles. The number of aryl methyl sites for hydroxylation is 1. The molecule has 1 unspecified atom stereocenters. The summed E-state index contributed by atoms with van der Waals surface area (Å²) in [5, 5.41) is 10.1. The molecular weight excluding hydrogens is 262 g/mol. The van der Waals surface area contributed by atoms with Crippen molar-refractivity contribution < 1.29 is 9.90 Å². The molecule has 104 valence electrons. The third-order valence-electron chi connectivity index (χ3n) is 3.93. The van der Waals surface area contributed by atoms with Crippen LogP contribution in [0.4, 0.5) is 0 Å². The minimum atomic E-state index is -0.292. The Morgan fingerprint density at radius 3 is 2.63 bits per heavy atom. The second kappa shape index (κ2) is 5.93. The van der Waals surface area contributed by atoms with E-state index in [1.54, 1.807) is 6.07 Å². The molecule has 0 aliphatic carbocycles. The number of carbonyl (C=O) groups is 1. The highest BCUT2D eigenvalue weighted by Gasteiger charge is 2.27. The van der Waals surface area contributed by atoms with Gasteiger partial charge in [-0.05, 0) is 44.2 Å². The second-order valence-corrected chi connectivity index (χ2v) is 5.68. The molecular formula is C15H20ClNO2. The molecule has 0 aromatic heterocycles. The summed E-state index contributed by atoms with van der Waals surface area (Å²) in [7, 11) is 0. The van der Waals surface area contributed by atoms with Crippen LogP contribution in [0.15, 0.2) is 18.2 Å². The summed E-state index contributed by atoms with van der Waals surface area (Å²) >= 11 is 6.20. The number of hydrogen-bond acceptors (Lipinski definition) is 2. The van der Waals surface area contributed by atoms with E-state index >= 15 is 0 Å². The fourth-order valence-electron chi connectivity index (χ4n) is 2.57. The van der Waals surface area contributed by atoms with Gasteiger partial charge in [0.1, 0.15) is 0 Å². The topological polar surface area (TPSA) is 40.5 Å². The highest BCUT2D eigenvalue weighted by Crippen LogP contribution is 2.25. The molecule has 4 heteroatoms. The third kappa shape index (κ3) is 3.10. The Kier molecular flexibility index (Phi) is 4.48. The smallest absolute Gasteiger partial charge is 0.255 e. The van der Waals surface area contributed by atoms with Crippen molar-refractivity contribution in [3.05, 3.63) is 34.3 Å². The number of rotatable bonds is 2. The van der Waals surface area contributed by atoms with E-state index < -0.39 is 0 Å². The number of amides is 1. The van der Waals surface area contributed by atoms with Gasteiger partial charge in [0.15, 0.2) is 0 Å². The highest BCUT2D eigenvalue weighted by molar-refractivity contribution is 6.34. The molecule has 1 amide bonds. The zero-order valence-corrected chi connectivity index (χ0v) is 12.2. The van der Waals surface area contributed by atoms with E-state index in [-0.39, 0.29) is 12.0 Å². The number of carbonyl (C=O) groups excluding carboxylic acids is 1. The van der Waals surface area contributed by atoms with Gasteiger partial charge in [-0.25, -0.2) is 0 Å². The van der Waals surface area contributed by atoms with Crippen molar-refractivity contribution in [3.63, 3.8) is 0 Å². The molecule has 0 radical (unpaired) electrons. The van der Waals surface area contributed by atoms with Crippen molar-refractivity contribution in [3.8, 4) is 0 Å². The molecule has 0 bridgehead atoms. The summed E-state index contributed by atoms with van der Waals surface area (Å²) in [6.07, 6.45) is 1.42. The maximum absolute atomic E-state index is 12.4. The van der Waals surface area contributed by atoms with Crippen molar-refractivity contribution in [2.75, 3.05) is 13.1 Å². The quantitative estimate of drug-likeness (QED) is 0.905. The Morgan fingerprint density at radius 2 is 2.05 bits per heavy atom. The molecule has 1 N–H and O–H groups in total. The van der Waals surface area contributed by atoms with E-state index in [4.69, 9.17) is 11.6 Å². The largest absolute Gasteiger partial charge is 0.393 e. The molecule has 1 atom stereocenters. The molecule has 1 aromatic rings. The van der Waals surface area contributed by atoms with Crippen molar-refractivity contribution in [1.82, 2.24) is 4.90 Å². The van der Waals surface area contributed by atoms with Crippen LogP contribution in [0.2, 0.25) is 5.02 Å². The Labute approximate surface area is 119 Å². The summed E-state index contributed by atoms with van der Waals surface area (Å²) in [4.78, 5) is 14.3. The lowest BCUT2D eigenvalue weighted by Gasteiger charge is -2.33. The monoisotopic (exact) mass is 281 g/mol. The lowest BCUT2D eigenvalue weighted by atomic mass is 9.92. The van der Waals surface area contributed by atoms with Crippen LogP contribution in [-0.4, -0.2) is 35.1 Å². The van der Waals surface area contributed by atoms with Crippen LogP contribution in [0.3, 0.4) is 0 Å². The van der Waals surface area contributed by atoms with Gasteiger partial charge in [-0.2, -0.15) is 0 Å². The predicted octanol–water partition coefficient (Wildman–Crippen LogP) is 2.88. The zero-order chi connectivity index (χ0) is 14.0. The van der Waals surface area contributed by atoms with Crippen molar-refractivity contribution in [1.29, 1.82) is 0 Å². The minimum absolute atomic E-state index is 0.00209. The first-order valence-electron chi connectivity index (χ1n) is 6.73. The SMILES string of the molecule is Cc1cccc(C(=O)N2CCC(C(C)O)CC2)c1Cl. The fraction of sp³-hybridized carbons (Fsp3) is 0.533. The van der Waals surface area contributed by atoms with Gasteiger partial charge in [0.25, 0.3) is 5.91 Å². The number of benzene rings is 1. The minimum Gasteiger partial charge on any atom is -0.393 e. The van der Waals surface area contributed by atoms with Crippen molar-refractivity contribution in [2.45, 2.75) is 32.8 Å². The van der Waals surface area contributed by atoms with Gasteiger partial charge in [-0.15, -0.1) is 0 Å². The number of piperidine rings is 1. The predicted molar refractivity (Wildman–Crippen MR) is 76.5 cm³/mol. The standard InChI is InChI=1S/C15H20ClNO2/c1-10-4-3-5-13(14(10)16)15(19)17-8-6-12(7-9-17)11(2)18/h3-5,11-12,18H,6-9H2,1-2H3. The molecule has 19 heavy (non-hydrogen) atoms. The van der Waals surface area contributed by atoms with Gasteiger partial charge < -0.3 is 10.0 Å². The molecule has 1 aliphatic heterocycles. The lowest BCUT2D eigenvalue weighted by molar-refractivity contribution is 0.0521. The van der Waals surface area contributed by atoms with Crippen LogP contribution in [0.1, 0.15) is 35.7 Å². The lowest BCUT2D eigenvalue weighted by Crippen LogP contribution is -2.40. The number of nitrogens with zero attached hydrogens (tertiary/aromatic N) is 1. The average Bonchev–Trinajstić information content (AvgIpc) is 2.41. The zero-order valence-electron chi connectivity index (χ0n) is 11.4. The van der Waals surface area contributed by atoms with Gasteiger partial charge in [-0.1, -0.05) is 23.7 Å². The van der Waals surface area contributed by atoms with Gasteiger partial charge in [-0.3, -0.25) is 4.79 Å². The van der Waals surface area contributed by atoms with Crippen molar-refractivity contribution >= 4 is 17.5 Å². The first-order chi connectivity index (χ1) is 9.00. The fourth-order valence-corrected chi connectivity index (χ4v) is 2.77. The second-order valence-electron chi connectivity index (χ2n) is 5.31. The van der Waals surface area contributed by atoms with Crippen LogP contribution in [-0.2, 0) is 0 Å². The first kappa shape index (κ1) is 14.4. The highest BCUT2D eigenvalue weighted by atomic mass is 35.5. The van der Waals surface area contributed by atoms with E-state index in [0.29, 0.717) is 29.6 Å². The van der Waals surface area contributed by atoms with Crippen molar-refractivity contribution in [2.24, 2.45) is 5.92 Å². The number of hydrogen-bond donors (Lipinski definition) is 1. The van der Waals surface area contributed by atoms with E-state index in [1.165, 1.54) is 0 Å². The summed E-state index contributed by atoms with van der Waals surface area (Å²) in [6.45, 7) is 5.11. The van der Waals surface area contributed by atoms with Gasteiger partial charge in [0.2, 0.25) is 0 Å². The maximum Gasteiger partial charge on any atom is 0.255 e. The molecule has 1 aliphatic rings. The molecule has 0 spiro atoms. The van der Waals surface area contributed by atoms with Crippen LogP contribution in [0, 0.1) is 12.8 Å². The van der Waals surface area contributed by atoms with Gasteiger partial charge in [0.05, 0.1) is 16.7 Å². The molecule has 1 fully saturated rings. The molecule has 1 saturated heterocycles. The van der Waals surface area contributed by atoms with Crippen LogP contribution < -0.4 is 0 Å². The summed E-state index contributed by atoms with van der Waals surface area (Å²) < 4.78 is 0. The van der Waals surface area contributed by atoms with Crippen LogP contribution in [0.5, 0.6) is 0 Å². The van der Waals surface area contributed by atoms with E-state index in [9.17, 15) is 9.90 Å². The number of aliphatic hydroxyl groups excluding tert-OH is 1. The summed E-state index contributed by atoms with van der Waals surface area (Å²) in [6, 6.07) is 5.54. The summed E-state index contributed by atoms with van der Waals surface area (Å²) in [5.41, 5.74) is 1.50.